The summed E-state index contributed by atoms with van der Waals surface area (Å²) in [6.45, 7) is 4.27. The van der Waals surface area contributed by atoms with Crippen LogP contribution in [0.1, 0.15) is 83.1 Å². The van der Waals surface area contributed by atoms with Crippen molar-refractivity contribution in [2.75, 3.05) is 6.61 Å². The number of carbonyl (C=O) groups excluding carboxylic acids is 1. The van der Waals surface area contributed by atoms with Crippen LogP contribution in [0.4, 0.5) is 8.78 Å². The number of hydrogen-bond donors (Lipinski definition) is 0. The minimum atomic E-state index is -0.909. The van der Waals surface area contributed by atoms with E-state index >= 15 is 0 Å². The van der Waals surface area contributed by atoms with E-state index in [-0.39, 0.29) is 23.7 Å². The van der Waals surface area contributed by atoms with E-state index in [1.807, 2.05) is 0 Å². The van der Waals surface area contributed by atoms with E-state index in [0.717, 1.165) is 24.3 Å². The van der Waals surface area contributed by atoms with E-state index < -0.39 is 11.6 Å². The average Bonchev–Trinajstić information content (AvgIpc) is 3.36. The third kappa shape index (κ3) is 4.51. The fourth-order valence-corrected chi connectivity index (χ4v) is 6.11. The summed E-state index contributed by atoms with van der Waals surface area (Å²) in [6.07, 6.45) is 10.5. The van der Waals surface area contributed by atoms with E-state index in [9.17, 15) is 13.6 Å². The first-order valence-electron chi connectivity index (χ1n) is 12.0. The molecule has 1 aromatic carbocycles. The van der Waals surface area contributed by atoms with Crippen molar-refractivity contribution in [3.8, 4) is 5.75 Å². The molecule has 1 aromatic rings. The van der Waals surface area contributed by atoms with Gasteiger partial charge < -0.3 is 9.47 Å². The molecule has 170 valence electrons. The normalized spacial score (nSPS) is 30.1. The maximum Gasteiger partial charge on any atom is 0.334 e. The highest BCUT2D eigenvalue weighted by Crippen LogP contribution is 2.49. The van der Waals surface area contributed by atoms with Crippen LogP contribution < -0.4 is 4.74 Å². The molecule has 3 aliphatic rings. The van der Waals surface area contributed by atoms with Crippen molar-refractivity contribution in [1.29, 1.82) is 0 Å². The minimum Gasteiger partial charge on any atom is -0.491 e. The third-order valence-corrected chi connectivity index (χ3v) is 7.64. The first-order chi connectivity index (χ1) is 15.0. The smallest absolute Gasteiger partial charge is 0.334 e. The molecular weight excluding hydrogens is 398 g/mol. The molecule has 0 N–H and O–H groups in total. The minimum absolute atomic E-state index is 0.0393. The fraction of sp³-hybridized carbons (Fsp3) is 0.654. The van der Waals surface area contributed by atoms with Crippen LogP contribution in [0, 0.1) is 29.4 Å². The second-order valence-corrected chi connectivity index (χ2v) is 9.38. The van der Waals surface area contributed by atoms with Crippen LogP contribution in [0.15, 0.2) is 23.8 Å². The molecule has 3 unspecified atom stereocenters. The largest absolute Gasteiger partial charge is 0.491 e. The van der Waals surface area contributed by atoms with Crippen LogP contribution in [0.25, 0.3) is 0 Å². The molecule has 3 atom stereocenters. The zero-order valence-corrected chi connectivity index (χ0v) is 18.7. The Bertz CT molecular complexity index is 826. The number of hydrogen-bond acceptors (Lipinski definition) is 3. The van der Waals surface area contributed by atoms with Crippen molar-refractivity contribution < 1.29 is 23.0 Å². The van der Waals surface area contributed by atoms with E-state index in [4.69, 9.17) is 9.47 Å². The van der Waals surface area contributed by atoms with E-state index in [1.54, 1.807) is 13.0 Å². The van der Waals surface area contributed by atoms with Crippen molar-refractivity contribution in [3.05, 3.63) is 41.0 Å². The molecule has 0 heterocycles. The van der Waals surface area contributed by atoms with Gasteiger partial charge in [-0.2, -0.15) is 4.39 Å². The zero-order chi connectivity index (χ0) is 22.0. The van der Waals surface area contributed by atoms with Crippen LogP contribution >= 0.6 is 0 Å². The topological polar surface area (TPSA) is 35.5 Å². The van der Waals surface area contributed by atoms with Gasteiger partial charge in [0.15, 0.2) is 11.6 Å². The van der Waals surface area contributed by atoms with E-state index in [0.29, 0.717) is 49.7 Å². The third-order valence-electron chi connectivity index (χ3n) is 7.64. The lowest BCUT2D eigenvalue weighted by Crippen LogP contribution is -2.26. The van der Waals surface area contributed by atoms with Gasteiger partial charge >= 0.3 is 5.97 Å². The second kappa shape index (κ2) is 9.70. The Hall–Kier alpha value is -1.91. The molecule has 0 spiro atoms. The summed E-state index contributed by atoms with van der Waals surface area (Å²) < 4.78 is 39.8. The maximum absolute atomic E-state index is 14.5. The molecule has 5 heteroatoms. The quantitative estimate of drug-likeness (QED) is 0.450. The number of carbonyl (C=O) groups is 1. The predicted octanol–water partition coefficient (Wildman–Crippen LogP) is 6.71. The van der Waals surface area contributed by atoms with Gasteiger partial charge in [0, 0.05) is 5.57 Å². The molecule has 3 nitrogen and oxygen atoms in total. The van der Waals surface area contributed by atoms with Gasteiger partial charge in [-0.25, -0.2) is 9.18 Å². The summed E-state index contributed by atoms with van der Waals surface area (Å²) in [6, 6.07) is 3.15. The van der Waals surface area contributed by atoms with Gasteiger partial charge in [-0.15, -0.1) is 0 Å². The summed E-state index contributed by atoms with van der Waals surface area (Å²) in [7, 11) is 0. The highest BCUT2D eigenvalue weighted by Gasteiger charge is 2.43. The molecule has 0 aromatic heterocycles. The van der Waals surface area contributed by atoms with Gasteiger partial charge in [0.1, 0.15) is 6.10 Å². The number of rotatable bonds is 7. The highest BCUT2D eigenvalue weighted by molar-refractivity contribution is 5.90. The summed E-state index contributed by atoms with van der Waals surface area (Å²) in [4.78, 5) is 12.9. The maximum atomic E-state index is 14.5. The van der Waals surface area contributed by atoms with Crippen LogP contribution in [0.5, 0.6) is 5.75 Å². The Kier molecular flexibility index (Phi) is 6.98. The SMILES string of the molecule is CCCC1CCC2C(C(=O)OC3CCC(c4ccc(OCC)c(F)c4F)CC3)=CCC12. The fourth-order valence-electron chi connectivity index (χ4n) is 6.11. The second-order valence-electron chi connectivity index (χ2n) is 9.38. The molecule has 0 amide bonds. The number of ether oxygens (including phenoxy) is 2. The molecule has 0 saturated heterocycles. The molecule has 2 fully saturated rings. The summed E-state index contributed by atoms with van der Waals surface area (Å²) in [5.41, 5.74) is 1.30. The Morgan fingerprint density at radius 2 is 1.81 bits per heavy atom. The molecule has 0 radical (unpaired) electrons. The Morgan fingerprint density at radius 3 is 2.52 bits per heavy atom. The van der Waals surface area contributed by atoms with E-state index in [2.05, 4.69) is 13.0 Å². The molecular formula is C26H34F2O3. The van der Waals surface area contributed by atoms with Crippen LogP contribution in [-0.2, 0) is 9.53 Å². The van der Waals surface area contributed by atoms with Crippen LogP contribution in [0.3, 0.4) is 0 Å². The lowest BCUT2D eigenvalue weighted by Gasteiger charge is -2.29. The number of benzene rings is 1. The molecule has 3 aliphatic carbocycles. The first-order valence-corrected chi connectivity index (χ1v) is 12.0. The highest BCUT2D eigenvalue weighted by atomic mass is 19.2. The molecule has 2 saturated carbocycles. The number of allylic oxidation sites excluding steroid dienone is 1. The standard InChI is InChI=1S/C26H34F2O3/c1-3-5-16-8-11-21-19(16)12-13-22(21)26(29)31-18-9-6-17(7-10-18)20-14-15-23(30-4-2)25(28)24(20)27/h13-19,21H,3-12H2,1-2H3. The van der Waals surface area contributed by atoms with Gasteiger partial charge in [-0.05, 0) is 87.2 Å². The van der Waals surface area contributed by atoms with Crippen LogP contribution in [-0.4, -0.2) is 18.7 Å². The summed E-state index contributed by atoms with van der Waals surface area (Å²) in [5, 5.41) is 0. The van der Waals surface area contributed by atoms with E-state index in [1.165, 1.54) is 25.3 Å². The zero-order valence-electron chi connectivity index (χ0n) is 18.7. The molecule has 0 bridgehead atoms. The van der Waals surface area contributed by atoms with Crippen molar-refractivity contribution in [3.63, 3.8) is 0 Å². The number of esters is 1. The lowest BCUT2D eigenvalue weighted by atomic mass is 9.82. The van der Waals surface area contributed by atoms with Gasteiger partial charge in [0.05, 0.1) is 6.61 Å². The summed E-state index contributed by atoms with van der Waals surface area (Å²) in [5.74, 6) is -0.215. The average molecular weight is 433 g/mol. The monoisotopic (exact) mass is 432 g/mol. The predicted molar refractivity (Wildman–Crippen MR) is 116 cm³/mol. The van der Waals surface area contributed by atoms with Crippen molar-refractivity contribution in [2.45, 2.75) is 83.7 Å². The van der Waals surface area contributed by atoms with Gasteiger partial charge in [-0.3, -0.25) is 0 Å². The Labute approximate surface area is 184 Å². The molecule has 31 heavy (non-hydrogen) atoms. The van der Waals surface area contributed by atoms with Gasteiger partial charge in [0.2, 0.25) is 5.82 Å². The Balaban J connectivity index is 1.31. The number of fused-ring (bicyclic) bond motifs is 1. The Morgan fingerprint density at radius 1 is 1.03 bits per heavy atom. The first kappa shape index (κ1) is 22.3. The van der Waals surface area contributed by atoms with Crippen molar-refractivity contribution in [2.24, 2.45) is 17.8 Å². The molecule has 4 rings (SSSR count). The van der Waals surface area contributed by atoms with Crippen LogP contribution in [0.2, 0.25) is 0 Å². The van der Waals surface area contributed by atoms with Gasteiger partial charge in [-0.1, -0.05) is 31.9 Å². The number of halogens is 2. The van der Waals surface area contributed by atoms with Crippen molar-refractivity contribution in [1.82, 2.24) is 0 Å². The summed E-state index contributed by atoms with van der Waals surface area (Å²) >= 11 is 0. The molecule has 0 aliphatic heterocycles. The lowest BCUT2D eigenvalue weighted by molar-refractivity contribution is -0.146. The van der Waals surface area contributed by atoms with Crippen molar-refractivity contribution >= 4 is 5.97 Å². The van der Waals surface area contributed by atoms with Gasteiger partial charge in [0.25, 0.3) is 0 Å².